The molecule has 5 nitrogen and oxygen atoms in total. The second-order valence-corrected chi connectivity index (χ2v) is 4.96. The number of nitrogens with zero attached hydrogens (tertiary/aromatic N) is 1. The minimum atomic E-state index is -1.00. The fraction of sp³-hybridized carbons (Fsp3) is 0.643. The summed E-state index contributed by atoms with van der Waals surface area (Å²) >= 11 is 0. The SMILES string of the molecule is CCOC1CCN(Cc2cc(C)c(C(=O)O)o2)CC1. The summed E-state index contributed by atoms with van der Waals surface area (Å²) in [6.45, 7) is 7.15. The first-order valence-electron chi connectivity index (χ1n) is 6.76. The molecule has 0 aromatic carbocycles. The van der Waals surface area contributed by atoms with Crippen LogP contribution >= 0.6 is 0 Å². The van der Waals surface area contributed by atoms with Crippen molar-refractivity contribution in [3.8, 4) is 0 Å². The Balaban J connectivity index is 1.89. The van der Waals surface area contributed by atoms with Crippen molar-refractivity contribution in [2.75, 3.05) is 19.7 Å². The molecule has 2 rings (SSSR count). The highest BCUT2D eigenvalue weighted by Crippen LogP contribution is 2.19. The maximum absolute atomic E-state index is 10.9. The smallest absolute Gasteiger partial charge is 0.372 e. The van der Waals surface area contributed by atoms with E-state index < -0.39 is 5.97 Å². The van der Waals surface area contributed by atoms with Gasteiger partial charge in [0.25, 0.3) is 0 Å². The van der Waals surface area contributed by atoms with E-state index in [-0.39, 0.29) is 5.76 Å². The van der Waals surface area contributed by atoms with Crippen LogP contribution in [0.25, 0.3) is 0 Å². The van der Waals surface area contributed by atoms with E-state index in [1.54, 1.807) is 6.92 Å². The Kier molecular flexibility index (Phi) is 4.61. The van der Waals surface area contributed by atoms with Gasteiger partial charge in [-0.05, 0) is 32.8 Å². The third-order valence-electron chi connectivity index (χ3n) is 3.48. The van der Waals surface area contributed by atoms with Crippen LogP contribution in [-0.4, -0.2) is 41.8 Å². The first-order valence-corrected chi connectivity index (χ1v) is 6.76. The van der Waals surface area contributed by atoms with Crippen LogP contribution in [0.4, 0.5) is 0 Å². The van der Waals surface area contributed by atoms with Crippen molar-refractivity contribution in [2.24, 2.45) is 0 Å². The van der Waals surface area contributed by atoms with Crippen molar-refractivity contribution >= 4 is 5.97 Å². The van der Waals surface area contributed by atoms with Crippen LogP contribution in [0.1, 0.15) is 41.6 Å². The molecule has 1 aliphatic rings. The molecule has 1 fully saturated rings. The number of aromatic carboxylic acids is 1. The number of likely N-dealkylation sites (tertiary alicyclic amines) is 1. The lowest BCUT2D eigenvalue weighted by molar-refractivity contribution is 0.0111. The molecule has 1 N–H and O–H groups in total. The average Bonchev–Trinajstić information content (AvgIpc) is 2.73. The lowest BCUT2D eigenvalue weighted by atomic mass is 10.1. The Bertz CT molecular complexity index is 433. The van der Waals surface area contributed by atoms with Crippen LogP contribution in [0.15, 0.2) is 10.5 Å². The number of hydrogen-bond acceptors (Lipinski definition) is 4. The average molecular weight is 267 g/mol. The van der Waals surface area contributed by atoms with Gasteiger partial charge in [-0.25, -0.2) is 4.79 Å². The summed E-state index contributed by atoms with van der Waals surface area (Å²) in [6.07, 6.45) is 2.42. The van der Waals surface area contributed by atoms with E-state index in [1.807, 2.05) is 13.0 Å². The number of aryl methyl sites for hydroxylation is 1. The van der Waals surface area contributed by atoms with E-state index in [2.05, 4.69) is 4.90 Å². The second-order valence-electron chi connectivity index (χ2n) is 4.96. The van der Waals surface area contributed by atoms with E-state index >= 15 is 0 Å². The lowest BCUT2D eigenvalue weighted by Gasteiger charge is -2.30. The fourth-order valence-electron chi connectivity index (χ4n) is 2.53. The molecule has 1 saturated heterocycles. The van der Waals surface area contributed by atoms with E-state index in [0.717, 1.165) is 38.3 Å². The van der Waals surface area contributed by atoms with Gasteiger partial charge in [-0.3, -0.25) is 4.90 Å². The Morgan fingerprint density at radius 2 is 2.21 bits per heavy atom. The number of rotatable bonds is 5. The Morgan fingerprint density at radius 3 is 2.74 bits per heavy atom. The van der Waals surface area contributed by atoms with Gasteiger partial charge >= 0.3 is 5.97 Å². The second kappa shape index (κ2) is 6.21. The third kappa shape index (κ3) is 3.58. The van der Waals surface area contributed by atoms with Gasteiger partial charge in [-0.2, -0.15) is 0 Å². The molecule has 1 aromatic heterocycles. The molecule has 5 heteroatoms. The summed E-state index contributed by atoms with van der Waals surface area (Å²) in [5.74, 6) is -0.220. The summed E-state index contributed by atoms with van der Waals surface area (Å²) < 4.78 is 11.0. The van der Waals surface area contributed by atoms with Gasteiger partial charge in [0.2, 0.25) is 5.76 Å². The molecule has 0 aliphatic carbocycles. The molecule has 0 radical (unpaired) electrons. The number of carboxylic acids is 1. The predicted octanol–water partition coefficient (Wildman–Crippen LogP) is 2.29. The quantitative estimate of drug-likeness (QED) is 0.886. The summed E-state index contributed by atoms with van der Waals surface area (Å²) in [6, 6.07) is 1.82. The van der Waals surface area contributed by atoms with Gasteiger partial charge in [0.1, 0.15) is 5.76 Å². The van der Waals surface area contributed by atoms with Crippen molar-refractivity contribution in [3.05, 3.63) is 23.2 Å². The first kappa shape index (κ1) is 14.1. The summed E-state index contributed by atoms with van der Waals surface area (Å²) in [4.78, 5) is 13.2. The van der Waals surface area contributed by atoms with Crippen LogP contribution in [-0.2, 0) is 11.3 Å². The molecule has 1 aromatic rings. The zero-order valence-electron chi connectivity index (χ0n) is 11.5. The summed E-state index contributed by atoms with van der Waals surface area (Å²) in [5, 5.41) is 8.95. The molecule has 0 atom stereocenters. The maximum Gasteiger partial charge on any atom is 0.372 e. The summed E-state index contributed by atoms with van der Waals surface area (Å²) in [7, 11) is 0. The molecule has 0 unspecified atom stereocenters. The minimum Gasteiger partial charge on any atom is -0.475 e. The number of ether oxygens (including phenoxy) is 1. The van der Waals surface area contributed by atoms with Crippen molar-refractivity contribution in [1.29, 1.82) is 0 Å². The highest BCUT2D eigenvalue weighted by atomic mass is 16.5. The molecule has 1 aliphatic heterocycles. The Labute approximate surface area is 113 Å². The zero-order valence-corrected chi connectivity index (χ0v) is 11.5. The largest absolute Gasteiger partial charge is 0.475 e. The van der Waals surface area contributed by atoms with Gasteiger partial charge in [0, 0.05) is 25.3 Å². The number of piperidine rings is 1. The van der Waals surface area contributed by atoms with E-state index in [1.165, 1.54) is 0 Å². The maximum atomic E-state index is 10.9. The predicted molar refractivity (Wildman–Crippen MR) is 70.3 cm³/mol. The third-order valence-corrected chi connectivity index (χ3v) is 3.48. The van der Waals surface area contributed by atoms with Gasteiger partial charge in [-0.1, -0.05) is 0 Å². The van der Waals surface area contributed by atoms with Crippen LogP contribution in [0.3, 0.4) is 0 Å². The molecule has 0 spiro atoms. The van der Waals surface area contributed by atoms with Crippen molar-refractivity contribution in [2.45, 2.75) is 39.3 Å². The van der Waals surface area contributed by atoms with Crippen molar-refractivity contribution in [3.63, 3.8) is 0 Å². The van der Waals surface area contributed by atoms with Crippen LogP contribution in [0.2, 0.25) is 0 Å². The van der Waals surface area contributed by atoms with E-state index in [9.17, 15) is 4.79 Å². The van der Waals surface area contributed by atoms with Crippen molar-refractivity contribution in [1.82, 2.24) is 4.90 Å². The zero-order chi connectivity index (χ0) is 13.8. The number of hydrogen-bond donors (Lipinski definition) is 1. The standard InChI is InChI=1S/C14H21NO4/c1-3-18-11-4-6-15(7-5-11)9-12-8-10(2)13(19-12)14(16)17/h8,11H,3-7,9H2,1-2H3,(H,16,17). The molecule has 106 valence electrons. The molecular formula is C14H21NO4. The highest BCUT2D eigenvalue weighted by molar-refractivity contribution is 5.86. The normalized spacial score (nSPS) is 17.8. The number of carboxylic acid groups (broad SMARTS) is 1. The van der Waals surface area contributed by atoms with Gasteiger partial charge in [0.15, 0.2) is 0 Å². The monoisotopic (exact) mass is 267 g/mol. The summed E-state index contributed by atoms with van der Waals surface area (Å²) in [5.41, 5.74) is 0.687. The van der Waals surface area contributed by atoms with Gasteiger partial charge in [0.05, 0.1) is 12.6 Å². The van der Waals surface area contributed by atoms with Crippen LogP contribution in [0, 0.1) is 6.92 Å². The first-order chi connectivity index (χ1) is 9.10. The van der Waals surface area contributed by atoms with Crippen LogP contribution in [0.5, 0.6) is 0 Å². The molecule has 2 heterocycles. The van der Waals surface area contributed by atoms with E-state index in [4.69, 9.17) is 14.3 Å². The lowest BCUT2D eigenvalue weighted by Crippen LogP contribution is -2.36. The molecule has 0 saturated carbocycles. The Morgan fingerprint density at radius 1 is 1.53 bits per heavy atom. The fourth-order valence-corrected chi connectivity index (χ4v) is 2.53. The molecule has 0 amide bonds. The van der Waals surface area contributed by atoms with Gasteiger partial charge < -0.3 is 14.3 Å². The minimum absolute atomic E-state index is 0.0548. The molecular weight excluding hydrogens is 246 g/mol. The Hall–Kier alpha value is -1.33. The van der Waals surface area contributed by atoms with Gasteiger partial charge in [-0.15, -0.1) is 0 Å². The molecule has 0 bridgehead atoms. The van der Waals surface area contributed by atoms with Crippen molar-refractivity contribution < 1.29 is 19.1 Å². The topological polar surface area (TPSA) is 62.9 Å². The highest BCUT2D eigenvalue weighted by Gasteiger charge is 2.21. The number of carbonyl (C=O) groups is 1. The molecule has 19 heavy (non-hydrogen) atoms. The number of furan rings is 1. The van der Waals surface area contributed by atoms with E-state index in [0.29, 0.717) is 18.2 Å². The van der Waals surface area contributed by atoms with Crippen LogP contribution < -0.4 is 0 Å².